The fraction of sp³-hybridized carbons (Fsp3) is 0.500. The molecule has 18 heavy (non-hydrogen) atoms. The zero-order valence-electron chi connectivity index (χ0n) is 10.7. The predicted octanol–water partition coefficient (Wildman–Crippen LogP) is 4.33. The lowest BCUT2D eigenvalue weighted by Gasteiger charge is -2.24. The zero-order valence-corrected chi connectivity index (χ0v) is 13.1. The van der Waals surface area contributed by atoms with E-state index in [0.29, 0.717) is 0 Å². The van der Waals surface area contributed by atoms with Crippen molar-refractivity contribution in [2.45, 2.75) is 32.6 Å². The second-order valence-corrected chi connectivity index (χ2v) is 6.09. The van der Waals surface area contributed by atoms with E-state index in [4.69, 9.17) is 12.2 Å². The smallest absolute Gasteiger partial charge is 0.173 e. The molecule has 0 spiro atoms. The van der Waals surface area contributed by atoms with E-state index >= 15 is 0 Å². The van der Waals surface area contributed by atoms with Crippen LogP contribution in [0.4, 0.5) is 5.69 Å². The lowest BCUT2D eigenvalue weighted by Crippen LogP contribution is -2.35. The Hall–Kier alpha value is -0.610. The summed E-state index contributed by atoms with van der Waals surface area (Å²) in [5.74, 6) is 0. The molecule has 0 atom stereocenters. The molecule has 1 saturated heterocycles. The first-order valence-corrected chi connectivity index (χ1v) is 7.69. The third-order valence-electron chi connectivity index (χ3n) is 3.32. The van der Waals surface area contributed by atoms with Crippen molar-refractivity contribution in [3.8, 4) is 0 Å². The van der Waals surface area contributed by atoms with Crippen molar-refractivity contribution in [2.24, 2.45) is 0 Å². The summed E-state index contributed by atoms with van der Waals surface area (Å²) in [5.41, 5.74) is 2.31. The number of aryl methyl sites for hydroxylation is 1. The Kier molecular flexibility index (Phi) is 5.01. The molecule has 1 aliphatic heterocycles. The summed E-state index contributed by atoms with van der Waals surface area (Å²) in [7, 11) is 0. The third-order valence-corrected chi connectivity index (χ3v) is 4.18. The molecule has 4 heteroatoms. The van der Waals surface area contributed by atoms with Crippen LogP contribution in [0.15, 0.2) is 22.7 Å². The molecule has 1 fully saturated rings. The highest BCUT2D eigenvalue weighted by Crippen LogP contribution is 2.21. The lowest BCUT2D eigenvalue weighted by atomic mass is 10.2. The summed E-state index contributed by atoms with van der Waals surface area (Å²) in [5, 5.41) is 4.23. The van der Waals surface area contributed by atoms with Crippen LogP contribution < -0.4 is 5.32 Å². The van der Waals surface area contributed by atoms with Crippen LogP contribution in [-0.4, -0.2) is 23.1 Å². The summed E-state index contributed by atoms with van der Waals surface area (Å²) < 4.78 is 1.10. The molecular formula is C14H19BrN2S. The Morgan fingerprint density at radius 1 is 1.22 bits per heavy atom. The third kappa shape index (κ3) is 3.69. The van der Waals surface area contributed by atoms with Crippen LogP contribution >= 0.6 is 28.1 Å². The number of thiocarbonyl (C=S) groups is 1. The van der Waals surface area contributed by atoms with E-state index < -0.39 is 0 Å². The van der Waals surface area contributed by atoms with Gasteiger partial charge in [0.25, 0.3) is 0 Å². The van der Waals surface area contributed by atoms with Gasteiger partial charge in [-0.25, -0.2) is 0 Å². The minimum atomic E-state index is 0.863. The van der Waals surface area contributed by atoms with Crippen molar-refractivity contribution in [1.82, 2.24) is 4.90 Å². The van der Waals surface area contributed by atoms with E-state index in [2.05, 4.69) is 45.2 Å². The average molecular weight is 327 g/mol. The highest BCUT2D eigenvalue weighted by Gasteiger charge is 2.12. The van der Waals surface area contributed by atoms with E-state index in [1.165, 1.54) is 31.2 Å². The Bertz CT molecular complexity index is 426. The van der Waals surface area contributed by atoms with Gasteiger partial charge in [-0.1, -0.05) is 28.8 Å². The first kappa shape index (κ1) is 13.8. The van der Waals surface area contributed by atoms with Crippen molar-refractivity contribution in [3.63, 3.8) is 0 Å². The predicted molar refractivity (Wildman–Crippen MR) is 85.1 cm³/mol. The van der Waals surface area contributed by atoms with Gasteiger partial charge in [-0.05, 0) is 55.7 Å². The minimum absolute atomic E-state index is 0.863. The highest BCUT2D eigenvalue weighted by atomic mass is 79.9. The number of rotatable bonds is 1. The number of nitrogens with zero attached hydrogens (tertiary/aromatic N) is 1. The van der Waals surface area contributed by atoms with Crippen LogP contribution in [0.2, 0.25) is 0 Å². The fourth-order valence-electron chi connectivity index (χ4n) is 2.24. The maximum Gasteiger partial charge on any atom is 0.173 e. The minimum Gasteiger partial charge on any atom is -0.349 e. The second kappa shape index (κ2) is 6.53. The lowest BCUT2D eigenvalue weighted by molar-refractivity contribution is 0.441. The number of hydrogen-bond acceptors (Lipinski definition) is 1. The number of anilines is 1. The Labute approximate surface area is 123 Å². The topological polar surface area (TPSA) is 15.3 Å². The van der Waals surface area contributed by atoms with Gasteiger partial charge in [-0.2, -0.15) is 0 Å². The molecule has 2 nitrogen and oxygen atoms in total. The van der Waals surface area contributed by atoms with Crippen molar-refractivity contribution >= 4 is 38.9 Å². The Morgan fingerprint density at radius 3 is 2.50 bits per heavy atom. The first-order chi connectivity index (χ1) is 8.66. The molecule has 0 aromatic heterocycles. The summed E-state index contributed by atoms with van der Waals surface area (Å²) in [4.78, 5) is 2.30. The van der Waals surface area contributed by atoms with Crippen LogP contribution in [0, 0.1) is 6.92 Å². The maximum atomic E-state index is 5.51. The summed E-state index contributed by atoms with van der Waals surface area (Å²) in [6.07, 6.45) is 5.16. The van der Waals surface area contributed by atoms with Crippen molar-refractivity contribution in [2.75, 3.05) is 18.4 Å². The Morgan fingerprint density at radius 2 is 1.89 bits per heavy atom. The van der Waals surface area contributed by atoms with Gasteiger partial charge >= 0.3 is 0 Å². The SMILES string of the molecule is Cc1cc(Br)ccc1NC(=S)N1CCCCCC1. The molecule has 98 valence electrons. The standard InChI is InChI=1S/C14H19BrN2S/c1-11-10-12(15)6-7-13(11)16-14(18)17-8-4-2-3-5-9-17/h6-7,10H,2-5,8-9H2,1H3,(H,16,18). The van der Waals surface area contributed by atoms with Gasteiger partial charge in [0.1, 0.15) is 0 Å². The largest absolute Gasteiger partial charge is 0.349 e. The summed E-state index contributed by atoms with van der Waals surface area (Å²) in [6, 6.07) is 6.22. The van der Waals surface area contributed by atoms with Crippen LogP contribution in [0.25, 0.3) is 0 Å². The number of benzene rings is 1. The van der Waals surface area contributed by atoms with Crippen LogP contribution in [0.3, 0.4) is 0 Å². The van der Waals surface area contributed by atoms with E-state index in [9.17, 15) is 0 Å². The van der Waals surface area contributed by atoms with Gasteiger partial charge in [0.2, 0.25) is 0 Å². The molecule has 1 aliphatic rings. The van der Waals surface area contributed by atoms with Crippen LogP contribution in [0.1, 0.15) is 31.2 Å². The number of likely N-dealkylation sites (tertiary alicyclic amines) is 1. The first-order valence-electron chi connectivity index (χ1n) is 6.49. The molecule has 1 heterocycles. The molecule has 0 bridgehead atoms. The van der Waals surface area contributed by atoms with Gasteiger partial charge in [0, 0.05) is 23.2 Å². The van der Waals surface area contributed by atoms with E-state index in [0.717, 1.165) is 28.4 Å². The summed E-state index contributed by atoms with van der Waals surface area (Å²) in [6.45, 7) is 4.26. The van der Waals surface area contributed by atoms with E-state index in [1.54, 1.807) is 0 Å². The molecule has 1 aromatic carbocycles. The molecule has 0 radical (unpaired) electrons. The molecular weight excluding hydrogens is 308 g/mol. The van der Waals surface area contributed by atoms with Crippen molar-refractivity contribution in [1.29, 1.82) is 0 Å². The van der Waals surface area contributed by atoms with Gasteiger partial charge in [-0.15, -0.1) is 0 Å². The van der Waals surface area contributed by atoms with Gasteiger partial charge in [0.15, 0.2) is 5.11 Å². The number of halogens is 1. The molecule has 1 aromatic rings. The summed E-state index contributed by atoms with van der Waals surface area (Å²) >= 11 is 8.99. The van der Waals surface area contributed by atoms with Crippen molar-refractivity contribution < 1.29 is 0 Å². The van der Waals surface area contributed by atoms with Gasteiger partial charge < -0.3 is 10.2 Å². The van der Waals surface area contributed by atoms with Gasteiger partial charge in [0.05, 0.1) is 0 Å². The number of nitrogens with one attached hydrogen (secondary N) is 1. The molecule has 0 aliphatic carbocycles. The molecule has 2 rings (SSSR count). The molecule has 1 N–H and O–H groups in total. The maximum absolute atomic E-state index is 5.51. The number of hydrogen-bond donors (Lipinski definition) is 1. The van der Waals surface area contributed by atoms with E-state index in [-0.39, 0.29) is 0 Å². The van der Waals surface area contributed by atoms with Crippen LogP contribution in [-0.2, 0) is 0 Å². The molecule has 0 amide bonds. The highest BCUT2D eigenvalue weighted by molar-refractivity contribution is 9.10. The zero-order chi connectivity index (χ0) is 13.0. The fourth-order valence-corrected chi connectivity index (χ4v) is 3.00. The van der Waals surface area contributed by atoms with E-state index in [1.807, 2.05) is 6.07 Å². The normalized spacial score (nSPS) is 16.2. The van der Waals surface area contributed by atoms with Crippen LogP contribution in [0.5, 0.6) is 0 Å². The second-order valence-electron chi connectivity index (χ2n) is 4.79. The molecule has 0 saturated carbocycles. The quantitative estimate of drug-likeness (QED) is 0.773. The van der Waals surface area contributed by atoms with Gasteiger partial charge in [-0.3, -0.25) is 0 Å². The Balaban J connectivity index is 2.01. The average Bonchev–Trinajstić information content (AvgIpc) is 2.61. The molecule has 0 unspecified atom stereocenters. The monoisotopic (exact) mass is 326 g/mol. The van der Waals surface area contributed by atoms with Crippen molar-refractivity contribution in [3.05, 3.63) is 28.2 Å².